The molecule has 3 nitrogen and oxygen atoms in total. The Morgan fingerprint density at radius 2 is 2.18 bits per heavy atom. The van der Waals surface area contributed by atoms with Crippen LogP contribution in [0.4, 0.5) is 0 Å². The SMILES string of the molecule is CC(C)(C)OCC(N)c1ccc2c(c1)CCO2. The van der Waals surface area contributed by atoms with Crippen LogP contribution >= 0.6 is 0 Å². The summed E-state index contributed by atoms with van der Waals surface area (Å²) >= 11 is 0. The van der Waals surface area contributed by atoms with Gasteiger partial charge < -0.3 is 15.2 Å². The Hall–Kier alpha value is -1.06. The molecule has 0 aromatic heterocycles. The van der Waals surface area contributed by atoms with E-state index in [2.05, 4.69) is 6.07 Å². The van der Waals surface area contributed by atoms with Crippen molar-refractivity contribution < 1.29 is 9.47 Å². The molecule has 94 valence electrons. The van der Waals surface area contributed by atoms with E-state index in [0.29, 0.717) is 6.61 Å². The first-order chi connectivity index (χ1) is 7.96. The van der Waals surface area contributed by atoms with Crippen LogP contribution in [0.3, 0.4) is 0 Å². The van der Waals surface area contributed by atoms with E-state index in [1.165, 1.54) is 5.56 Å². The molecule has 0 aliphatic carbocycles. The molecule has 17 heavy (non-hydrogen) atoms. The van der Waals surface area contributed by atoms with Crippen molar-refractivity contribution in [1.29, 1.82) is 0 Å². The summed E-state index contributed by atoms with van der Waals surface area (Å²) in [5.41, 5.74) is 8.37. The predicted molar refractivity (Wildman–Crippen MR) is 68.3 cm³/mol. The molecular weight excluding hydrogens is 214 g/mol. The highest BCUT2D eigenvalue weighted by molar-refractivity contribution is 5.40. The van der Waals surface area contributed by atoms with Crippen molar-refractivity contribution in [2.45, 2.75) is 38.8 Å². The third-order valence-electron chi connectivity index (χ3n) is 2.84. The Morgan fingerprint density at radius 1 is 1.41 bits per heavy atom. The minimum Gasteiger partial charge on any atom is -0.493 e. The van der Waals surface area contributed by atoms with Crippen LogP contribution in [0.1, 0.15) is 37.9 Å². The largest absolute Gasteiger partial charge is 0.493 e. The standard InChI is InChI=1S/C14H21NO2/c1-14(2,3)17-9-12(15)10-4-5-13-11(8-10)6-7-16-13/h4-5,8,12H,6-7,9,15H2,1-3H3. The second-order valence-corrected chi connectivity index (χ2v) is 5.50. The number of rotatable bonds is 3. The maximum atomic E-state index is 6.13. The molecule has 1 atom stereocenters. The minimum atomic E-state index is -0.141. The van der Waals surface area contributed by atoms with Crippen LogP contribution in [-0.2, 0) is 11.2 Å². The second kappa shape index (κ2) is 4.67. The van der Waals surface area contributed by atoms with Crippen molar-refractivity contribution >= 4 is 0 Å². The van der Waals surface area contributed by atoms with Crippen LogP contribution in [0.25, 0.3) is 0 Å². The quantitative estimate of drug-likeness (QED) is 0.875. The Labute approximate surface area is 103 Å². The fourth-order valence-electron chi connectivity index (χ4n) is 1.87. The van der Waals surface area contributed by atoms with Crippen molar-refractivity contribution in [2.75, 3.05) is 13.2 Å². The summed E-state index contributed by atoms with van der Waals surface area (Å²) in [6.07, 6.45) is 0.982. The number of ether oxygens (including phenoxy) is 2. The van der Waals surface area contributed by atoms with Gasteiger partial charge in [-0.25, -0.2) is 0 Å². The monoisotopic (exact) mass is 235 g/mol. The maximum Gasteiger partial charge on any atom is 0.122 e. The lowest BCUT2D eigenvalue weighted by Crippen LogP contribution is -2.26. The van der Waals surface area contributed by atoms with Gasteiger partial charge in [0.05, 0.1) is 24.9 Å². The number of benzene rings is 1. The van der Waals surface area contributed by atoms with Gasteiger partial charge in [0.1, 0.15) is 5.75 Å². The highest BCUT2D eigenvalue weighted by Gasteiger charge is 2.17. The van der Waals surface area contributed by atoms with Gasteiger partial charge in [-0.1, -0.05) is 12.1 Å². The Balaban J connectivity index is 2.02. The zero-order chi connectivity index (χ0) is 12.5. The summed E-state index contributed by atoms with van der Waals surface area (Å²) in [5, 5.41) is 0. The smallest absolute Gasteiger partial charge is 0.122 e. The fourth-order valence-corrected chi connectivity index (χ4v) is 1.87. The highest BCUT2D eigenvalue weighted by atomic mass is 16.5. The normalized spacial score (nSPS) is 16.5. The number of hydrogen-bond donors (Lipinski definition) is 1. The molecule has 2 N–H and O–H groups in total. The molecule has 1 aromatic carbocycles. The molecule has 0 saturated heterocycles. The Bertz CT molecular complexity index is 396. The number of fused-ring (bicyclic) bond motifs is 1. The fraction of sp³-hybridized carbons (Fsp3) is 0.571. The van der Waals surface area contributed by atoms with Crippen LogP contribution in [0.15, 0.2) is 18.2 Å². The molecule has 1 aromatic rings. The molecule has 0 saturated carbocycles. The van der Waals surface area contributed by atoms with Gasteiger partial charge in [0.2, 0.25) is 0 Å². The Morgan fingerprint density at radius 3 is 2.88 bits per heavy atom. The highest BCUT2D eigenvalue weighted by Crippen LogP contribution is 2.28. The molecule has 1 heterocycles. The van der Waals surface area contributed by atoms with Gasteiger partial charge in [0.25, 0.3) is 0 Å². The molecule has 1 aliphatic heterocycles. The van der Waals surface area contributed by atoms with E-state index in [0.717, 1.165) is 24.3 Å². The molecule has 1 unspecified atom stereocenters. The van der Waals surface area contributed by atoms with Crippen molar-refractivity contribution in [3.05, 3.63) is 29.3 Å². The molecule has 3 heteroatoms. The second-order valence-electron chi connectivity index (χ2n) is 5.50. The molecule has 0 radical (unpaired) electrons. The average Bonchev–Trinajstić information content (AvgIpc) is 2.71. The van der Waals surface area contributed by atoms with Gasteiger partial charge in [0, 0.05) is 6.42 Å². The van der Waals surface area contributed by atoms with Gasteiger partial charge in [-0.3, -0.25) is 0 Å². The maximum absolute atomic E-state index is 6.13. The summed E-state index contributed by atoms with van der Waals surface area (Å²) in [5.74, 6) is 0.998. The summed E-state index contributed by atoms with van der Waals surface area (Å²) in [7, 11) is 0. The van der Waals surface area contributed by atoms with E-state index < -0.39 is 0 Å². The van der Waals surface area contributed by atoms with Crippen LogP contribution in [0, 0.1) is 0 Å². The van der Waals surface area contributed by atoms with Gasteiger partial charge in [-0.05, 0) is 38.0 Å². The number of nitrogens with two attached hydrogens (primary N) is 1. The first-order valence-electron chi connectivity index (χ1n) is 6.11. The van der Waals surface area contributed by atoms with Crippen molar-refractivity contribution in [3.8, 4) is 5.75 Å². The van der Waals surface area contributed by atoms with Crippen LogP contribution in [0.2, 0.25) is 0 Å². The zero-order valence-corrected chi connectivity index (χ0v) is 10.8. The third kappa shape index (κ3) is 3.20. The van der Waals surface area contributed by atoms with Crippen molar-refractivity contribution in [3.63, 3.8) is 0 Å². The first kappa shape index (κ1) is 12.4. The lowest BCUT2D eigenvalue weighted by atomic mass is 10.0. The lowest BCUT2D eigenvalue weighted by Gasteiger charge is -2.22. The van der Waals surface area contributed by atoms with E-state index >= 15 is 0 Å². The number of hydrogen-bond acceptors (Lipinski definition) is 3. The summed E-state index contributed by atoms with van der Waals surface area (Å²) in [4.78, 5) is 0. The van der Waals surface area contributed by atoms with E-state index in [-0.39, 0.29) is 11.6 Å². The molecule has 0 amide bonds. The molecule has 2 rings (SSSR count). The zero-order valence-electron chi connectivity index (χ0n) is 10.8. The van der Waals surface area contributed by atoms with Crippen molar-refractivity contribution in [2.24, 2.45) is 5.73 Å². The van der Waals surface area contributed by atoms with Gasteiger partial charge in [0.15, 0.2) is 0 Å². The van der Waals surface area contributed by atoms with E-state index in [4.69, 9.17) is 15.2 Å². The van der Waals surface area contributed by atoms with E-state index in [1.807, 2.05) is 32.9 Å². The molecule has 0 spiro atoms. The summed E-state index contributed by atoms with van der Waals surface area (Å²) in [6, 6.07) is 6.11. The summed E-state index contributed by atoms with van der Waals surface area (Å²) < 4.78 is 11.2. The van der Waals surface area contributed by atoms with Gasteiger partial charge in [-0.2, -0.15) is 0 Å². The topological polar surface area (TPSA) is 44.5 Å². The van der Waals surface area contributed by atoms with Crippen LogP contribution in [-0.4, -0.2) is 18.8 Å². The van der Waals surface area contributed by atoms with E-state index in [9.17, 15) is 0 Å². The Kier molecular flexibility index (Phi) is 3.40. The molecule has 0 fully saturated rings. The predicted octanol–water partition coefficient (Wildman–Crippen LogP) is 2.44. The minimum absolute atomic E-state index is 0.0693. The molecule has 1 aliphatic rings. The van der Waals surface area contributed by atoms with Crippen LogP contribution in [0.5, 0.6) is 5.75 Å². The lowest BCUT2D eigenvalue weighted by molar-refractivity contribution is -0.0102. The third-order valence-corrected chi connectivity index (χ3v) is 2.84. The molecule has 0 bridgehead atoms. The molecular formula is C14H21NO2. The van der Waals surface area contributed by atoms with E-state index in [1.54, 1.807) is 0 Å². The first-order valence-corrected chi connectivity index (χ1v) is 6.11. The van der Waals surface area contributed by atoms with Crippen molar-refractivity contribution in [1.82, 2.24) is 0 Å². The van der Waals surface area contributed by atoms with Crippen LogP contribution < -0.4 is 10.5 Å². The summed E-state index contributed by atoms with van der Waals surface area (Å²) in [6.45, 7) is 7.44. The average molecular weight is 235 g/mol. The van der Waals surface area contributed by atoms with Gasteiger partial charge in [-0.15, -0.1) is 0 Å². The van der Waals surface area contributed by atoms with Gasteiger partial charge >= 0.3 is 0 Å².